The minimum atomic E-state index is -0.289. The molecule has 164 valence electrons. The van der Waals surface area contributed by atoms with Crippen molar-refractivity contribution in [2.75, 3.05) is 34.5 Å². The Morgan fingerprint density at radius 3 is 2.55 bits per heavy atom. The molecule has 3 aromatic rings. The molecule has 0 aliphatic carbocycles. The van der Waals surface area contributed by atoms with Gasteiger partial charge in [0.15, 0.2) is 11.5 Å². The summed E-state index contributed by atoms with van der Waals surface area (Å²) in [6.07, 6.45) is -0.289. The number of nitrogens with zero attached hydrogens (tertiary/aromatic N) is 1. The fourth-order valence-electron chi connectivity index (χ4n) is 3.97. The molecular weight excluding hydrogens is 420 g/mol. The van der Waals surface area contributed by atoms with Gasteiger partial charge < -0.3 is 28.8 Å². The number of nitrogens with one attached hydrogen (secondary N) is 1. The Labute approximate surface area is 185 Å². The molecule has 2 aromatic carbocycles. The lowest BCUT2D eigenvalue weighted by Gasteiger charge is -2.38. The minimum Gasteiger partial charge on any atom is -0.496 e. The lowest BCUT2D eigenvalue weighted by Crippen LogP contribution is -2.48. The number of amides is 1. The zero-order valence-electron chi connectivity index (χ0n) is 17.9. The highest BCUT2D eigenvalue weighted by atomic mass is 35.5. The molecule has 1 aliphatic heterocycles. The highest BCUT2D eigenvalue weighted by Gasteiger charge is 2.33. The Kier molecular flexibility index (Phi) is 5.98. The maximum absolute atomic E-state index is 13.5. The smallest absolute Gasteiger partial charge is 0.270 e. The molecule has 1 fully saturated rings. The molecule has 0 radical (unpaired) electrons. The number of fused-ring (bicyclic) bond motifs is 1. The van der Waals surface area contributed by atoms with Gasteiger partial charge in [-0.05, 0) is 19.1 Å². The quantitative estimate of drug-likeness (QED) is 0.629. The molecule has 0 bridgehead atoms. The topological polar surface area (TPSA) is 73.0 Å². The van der Waals surface area contributed by atoms with Gasteiger partial charge in [0.25, 0.3) is 5.91 Å². The van der Waals surface area contributed by atoms with Crippen LogP contribution in [0.1, 0.15) is 29.1 Å². The van der Waals surface area contributed by atoms with Crippen molar-refractivity contribution in [2.24, 2.45) is 0 Å². The molecule has 1 amide bonds. The number of hydrogen-bond acceptors (Lipinski definition) is 5. The summed E-state index contributed by atoms with van der Waals surface area (Å²) in [5.41, 5.74) is 1.95. The van der Waals surface area contributed by atoms with Gasteiger partial charge in [-0.25, -0.2) is 0 Å². The van der Waals surface area contributed by atoms with E-state index >= 15 is 0 Å². The maximum atomic E-state index is 13.5. The summed E-state index contributed by atoms with van der Waals surface area (Å²) in [5.74, 6) is 1.49. The summed E-state index contributed by atoms with van der Waals surface area (Å²) in [4.78, 5) is 18.5. The van der Waals surface area contributed by atoms with E-state index in [1.165, 1.54) is 0 Å². The summed E-state index contributed by atoms with van der Waals surface area (Å²) < 4.78 is 22.4. The first-order valence-electron chi connectivity index (χ1n) is 9.97. The first-order valence-corrected chi connectivity index (χ1v) is 10.3. The predicted molar refractivity (Wildman–Crippen MR) is 119 cm³/mol. The second kappa shape index (κ2) is 8.69. The molecule has 8 heteroatoms. The van der Waals surface area contributed by atoms with Gasteiger partial charge in [0.2, 0.25) is 0 Å². The Morgan fingerprint density at radius 1 is 1.13 bits per heavy atom. The van der Waals surface area contributed by atoms with E-state index < -0.39 is 0 Å². The Bertz CT molecular complexity index is 1110. The van der Waals surface area contributed by atoms with E-state index in [-0.39, 0.29) is 18.1 Å². The number of carbonyl (C=O) groups excluding carboxylic acids is 1. The summed E-state index contributed by atoms with van der Waals surface area (Å²) >= 11 is 6.36. The van der Waals surface area contributed by atoms with Crippen molar-refractivity contribution < 1.29 is 23.7 Å². The molecule has 2 atom stereocenters. The molecule has 1 aromatic heterocycles. The van der Waals surface area contributed by atoms with Crippen LogP contribution < -0.4 is 14.2 Å². The summed E-state index contributed by atoms with van der Waals surface area (Å²) in [6.45, 7) is 2.78. The Balaban J connectivity index is 1.70. The number of carbonyl (C=O) groups is 1. The zero-order valence-corrected chi connectivity index (χ0v) is 18.7. The molecule has 7 nitrogen and oxygen atoms in total. The van der Waals surface area contributed by atoms with Crippen LogP contribution in [0.3, 0.4) is 0 Å². The largest absolute Gasteiger partial charge is 0.496 e. The molecule has 2 heterocycles. The van der Waals surface area contributed by atoms with Gasteiger partial charge in [-0.15, -0.1) is 0 Å². The van der Waals surface area contributed by atoms with E-state index in [9.17, 15) is 4.79 Å². The van der Waals surface area contributed by atoms with Crippen molar-refractivity contribution in [3.63, 3.8) is 0 Å². The van der Waals surface area contributed by atoms with Crippen LogP contribution in [0.4, 0.5) is 0 Å². The summed E-state index contributed by atoms with van der Waals surface area (Å²) in [7, 11) is 4.69. The number of ether oxygens (including phenoxy) is 4. The lowest BCUT2D eigenvalue weighted by molar-refractivity contribution is -0.0487. The van der Waals surface area contributed by atoms with Gasteiger partial charge in [0.05, 0.1) is 46.0 Å². The SMILES string of the molecule is COc1cc(OC)c2cc(C(=O)N3CC(c4ccccc4Cl)OCC3C)[nH]c2c1OC. The molecule has 4 rings (SSSR count). The molecular formula is C23H25ClN2O5. The zero-order chi connectivity index (χ0) is 22.1. The van der Waals surface area contributed by atoms with Crippen molar-refractivity contribution >= 4 is 28.4 Å². The average molecular weight is 445 g/mol. The molecule has 0 saturated carbocycles. The fourth-order valence-corrected chi connectivity index (χ4v) is 4.23. The third-order valence-electron chi connectivity index (χ3n) is 5.62. The van der Waals surface area contributed by atoms with Crippen LogP contribution in [0, 0.1) is 0 Å². The predicted octanol–water partition coefficient (Wildman–Crippen LogP) is 4.45. The number of methoxy groups -OCH3 is 3. The van der Waals surface area contributed by atoms with Crippen molar-refractivity contribution in [3.8, 4) is 17.2 Å². The average Bonchev–Trinajstić information content (AvgIpc) is 3.23. The number of morpholine rings is 1. The van der Waals surface area contributed by atoms with Crippen molar-refractivity contribution in [1.29, 1.82) is 0 Å². The van der Waals surface area contributed by atoms with Crippen LogP contribution in [0.15, 0.2) is 36.4 Å². The number of aromatic nitrogens is 1. The van der Waals surface area contributed by atoms with E-state index in [4.69, 9.17) is 30.5 Å². The van der Waals surface area contributed by atoms with Crippen molar-refractivity contribution in [3.05, 3.63) is 52.7 Å². The first kappa shape index (κ1) is 21.3. The Morgan fingerprint density at radius 2 is 1.87 bits per heavy atom. The van der Waals surface area contributed by atoms with Crippen LogP contribution >= 0.6 is 11.6 Å². The second-order valence-corrected chi connectivity index (χ2v) is 7.84. The highest BCUT2D eigenvalue weighted by molar-refractivity contribution is 6.31. The van der Waals surface area contributed by atoms with Gasteiger partial charge >= 0.3 is 0 Å². The summed E-state index contributed by atoms with van der Waals surface area (Å²) in [6, 6.07) is 11.0. The number of hydrogen-bond donors (Lipinski definition) is 1. The maximum Gasteiger partial charge on any atom is 0.270 e. The standard InChI is InChI=1S/C23H25ClN2O5/c1-13-12-31-20(14-7-5-6-8-16(14)24)11-26(13)23(27)17-9-15-18(28-2)10-19(29-3)22(30-4)21(15)25-17/h5-10,13,20,25H,11-12H2,1-4H3. The third kappa shape index (κ3) is 3.79. The molecule has 2 unspecified atom stereocenters. The molecule has 31 heavy (non-hydrogen) atoms. The lowest BCUT2D eigenvalue weighted by atomic mass is 10.1. The van der Waals surface area contributed by atoms with E-state index in [1.807, 2.05) is 31.2 Å². The van der Waals surface area contributed by atoms with Crippen LogP contribution in [-0.2, 0) is 4.74 Å². The van der Waals surface area contributed by atoms with Crippen LogP contribution in [-0.4, -0.2) is 56.3 Å². The number of halogens is 1. The van der Waals surface area contributed by atoms with E-state index in [0.717, 1.165) is 10.9 Å². The monoisotopic (exact) mass is 444 g/mol. The fraction of sp³-hybridized carbons (Fsp3) is 0.348. The first-order chi connectivity index (χ1) is 15.0. The molecule has 0 spiro atoms. The van der Waals surface area contributed by atoms with Gasteiger partial charge in [-0.2, -0.15) is 0 Å². The normalized spacial score (nSPS) is 18.8. The number of benzene rings is 2. The molecule has 1 N–H and O–H groups in total. The number of rotatable bonds is 5. The van der Waals surface area contributed by atoms with E-state index in [1.54, 1.807) is 38.4 Å². The van der Waals surface area contributed by atoms with Gasteiger partial charge in [0, 0.05) is 22.0 Å². The van der Waals surface area contributed by atoms with Gasteiger partial charge in [0.1, 0.15) is 17.5 Å². The third-order valence-corrected chi connectivity index (χ3v) is 5.96. The van der Waals surface area contributed by atoms with Crippen molar-refractivity contribution in [1.82, 2.24) is 9.88 Å². The minimum absolute atomic E-state index is 0.0871. The highest BCUT2D eigenvalue weighted by Crippen LogP contribution is 2.41. The van der Waals surface area contributed by atoms with Crippen LogP contribution in [0.2, 0.25) is 5.02 Å². The summed E-state index contributed by atoms with van der Waals surface area (Å²) in [5, 5.41) is 1.37. The number of H-pyrrole nitrogens is 1. The molecule has 1 saturated heterocycles. The van der Waals surface area contributed by atoms with Crippen molar-refractivity contribution in [2.45, 2.75) is 19.1 Å². The Hall–Kier alpha value is -2.90. The van der Waals surface area contributed by atoms with E-state index in [0.29, 0.717) is 46.6 Å². The number of aromatic amines is 1. The molecule has 1 aliphatic rings. The van der Waals surface area contributed by atoms with Gasteiger partial charge in [-0.1, -0.05) is 29.8 Å². The van der Waals surface area contributed by atoms with E-state index in [2.05, 4.69) is 4.98 Å². The second-order valence-electron chi connectivity index (χ2n) is 7.44. The van der Waals surface area contributed by atoms with Crippen LogP contribution in [0.25, 0.3) is 10.9 Å². The van der Waals surface area contributed by atoms with Crippen LogP contribution in [0.5, 0.6) is 17.2 Å². The van der Waals surface area contributed by atoms with Gasteiger partial charge in [-0.3, -0.25) is 4.79 Å².